The van der Waals surface area contributed by atoms with E-state index in [1.807, 2.05) is 25.2 Å². The van der Waals surface area contributed by atoms with Crippen molar-refractivity contribution in [3.63, 3.8) is 0 Å². The van der Waals surface area contributed by atoms with Crippen LogP contribution in [0.1, 0.15) is 31.2 Å². The van der Waals surface area contributed by atoms with E-state index in [-0.39, 0.29) is 0 Å². The average molecular weight is 221 g/mol. The lowest BCUT2D eigenvalue weighted by atomic mass is 10.2. The Bertz CT molecular complexity index is 286. The first-order valence-corrected chi connectivity index (χ1v) is 6.17. The number of rotatable bonds is 8. The maximum Gasteiger partial charge on any atom is 0.122 e. The zero-order valence-electron chi connectivity index (χ0n) is 10.5. The van der Waals surface area contributed by atoms with Crippen LogP contribution in [0.25, 0.3) is 0 Å². The van der Waals surface area contributed by atoms with E-state index in [1.54, 1.807) is 0 Å². The van der Waals surface area contributed by atoms with Gasteiger partial charge in [0.2, 0.25) is 0 Å². The second-order valence-electron chi connectivity index (χ2n) is 4.13. The molecule has 0 aliphatic carbocycles. The summed E-state index contributed by atoms with van der Waals surface area (Å²) in [5, 5.41) is 3.16. The van der Waals surface area contributed by atoms with E-state index in [4.69, 9.17) is 4.74 Å². The fourth-order valence-corrected chi connectivity index (χ4v) is 1.66. The number of para-hydroxylation sites is 1. The largest absolute Gasteiger partial charge is 0.493 e. The summed E-state index contributed by atoms with van der Waals surface area (Å²) < 4.78 is 5.73. The molecule has 0 unspecified atom stereocenters. The maximum atomic E-state index is 5.73. The molecule has 0 radical (unpaired) electrons. The summed E-state index contributed by atoms with van der Waals surface area (Å²) in [5.41, 5.74) is 1.22. The first-order valence-electron chi connectivity index (χ1n) is 6.17. The number of nitrogens with one attached hydrogen (secondary N) is 1. The topological polar surface area (TPSA) is 21.3 Å². The number of hydrogen-bond acceptors (Lipinski definition) is 2. The lowest BCUT2D eigenvalue weighted by Crippen LogP contribution is -2.07. The molecular weight excluding hydrogens is 198 g/mol. The Morgan fingerprint density at radius 2 is 1.81 bits per heavy atom. The Morgan fingerprint density at radius 1 is 1.06 bits per heavy atom. The van der Waals surface area contributed by atoms with Gasteiger partial charge in [-0.05, 0) is 45.0 Å². The Hall–Kier alpha value is -1.02. The van der Waals surface area contributed by atoms with E-state index >= 15 is 0 Å². The van der Waals surface area contributed by atoms with Gasteiger partial charge < -0.3 is 10.1 Å². The molecule has 0 amide bonds. The van der Waals surface area contributed by atoms with Gasteiger partial charge in [-0.3, -0.25) is 0 Å². The monoisotopic (exact) mass is 221 g/mol. The third-order valence-corrected chi connectivity index (χ3v) is 2.67. The molecule has 0 bridgehead atoms. The molecule has 0 aliphatic rings. The van der Waals surface area contributed by atoms with Crippen molar-refractivity contribution in [2.45, 2.75) is 32.6 Å². The molecule has 0 atom stereocenters. The van der Waals surface area contributed by atoms with E-state index in [2.05, 4.69) is 18.3 Å². The van der Waals surface area contributed by atoms with Crippen LogP contribution < -0.4 is 10.1 Å². The summed E-state index contributed by atoms with van der Waals surface area (Å²) in [6.07, 6.45) is 4.96. The van der Waals surface area contributed by atoms with Crippen LogP contribution >= 0.6 is 0 Å². The van der Waals surface area contributed by atoms with E-state index in [0.29, 0.717) is 0 Å². The number of ether oxygens (including phenoxy) is 1. The second-order valence-corrected chi connectivity index (χ2v) is 4.13. The summed E-state index contributed by atoms with van der Waals surface area (Å²) >= 11 is 0. The van der Waals surface area contributed by atoms with Crippen molar-refractivity contribution in [3.8, 4) is 5.75 Å². The zero-order chi connectivity index (χ0) is 11.6. The SMILES string of the molecule is CNCCCCCCOc1ccccc1C. The molecule has 0 saturated heterocycles. The van der Waals surface area contributed by atoms with Gasteiger partial charge >= 0.3 is 0 Å². The van der Waals surface area contributed by atoms with Crippen LogP contribution in [0.15, 0.2) is 24.3 Å². The van der Waals surface area contributed by atoms with Crippen molar-refractivity contribution in [2.75, 3.05) is 20.2 Å². The fourth-order valence-electron chi connectivity index (χ4n) is 1.66. The molecule has 0 aromatic heterocycles. The molecule has 16 heavy (non-hydrogen) atoms. The highest BCUT2D eigenvalue weighted by molar-refractivity contribution is 5.31. The molecule has 0 heterocycles. The zero-order valence-corrected chi connectivity index (χ0v) is 10.5. The first-order chi connectivity index (χ1) is 7.84. The molecule has 0 spiro atoms. The van der Waals surface area contributed by atoms with Crippen molar-refractivity contribution >= 4 is 0 Å². The molecule has 2 heteroatoms. The molecule has 0 aliphatic heterocycles. The molecule has 2 nitrogen and oxygen atoms in total. The van der Waals surface area contributed by atoms with Crippen LogP contribution in [-0.4, -0.2) is 20.2 Å². The molecule has 1 rings (SSSR count). The van der Waals surface area contributed by atoms with E-state index < -0.39 is 0 Å². The normalized spacial score (nSPS) is 10.4. The number of benzene rings is 1. The van der Waals surface area contributed by atoms with Crippen molar-refractivity contribution in [1.29, 1.82) is 0 Å². The standard InChI is InChI=1S/C14H23NO/c1-13-9-5-6-10-14(13)16-12-8-4-3-7-11-15-2/h5-6,9-10,15H,3-4,7-8,11-12H2,1-2H3. The van der Waals surface area contributed by atoms with Crippen LogP contribution in [-0.2, 0) is 0 Å². The predicted molar refractivity (Wildman–Crippen MR) is 69.1 cm³/mol. The predicted octanol–water partition coefficient (Wildman–Crippen LogP) is 3.15. The minimum absolute atomic E-state index is 0.838. The van der Waals surface area contributed by atoms with Gasteiger partial charge in [0, 0.05) is 0 Å². The van der Waals surface area contributed by atoms with Crippen LogP contribution in [0.5, 0.6) is 5.75 Å². The number of aryl methyl sites for hydroxylation is 1. The van der Waals surface area contributed by atoms with Crippen LogP contribution in [0, 0.1) is 6.92 Å². The Morgan fingerprint density at radius 3 is 2.56 bits per heavy atom. The summed E-state index contributed by atoms with van der Waals surface area (Å²) in [6.45, 7) is 4.05. The minimum atomic E-state index is 0.838. The third kappa shape index (κ3) is 5.17. The van der Waals surface area contributed by atoms with Crippen LogP contribution in [0.4, 0.5) is 0 Å². The third-order valence-electron chi connectivity index (χ3n) is 2.67. The van der Waals surface area contributed by atoms with Crippen LogP contribution in [0.2, 0.25) is 0 Å². The average Bonchev–Trinajstić information content (AvgIpc) is 2.30. The highest BCUT2D eigenvalue weighted by atomic mass is 16.5. The second kappa shape index (κ2) is 8.17. The Kier molecular flexibility index (Phi) is 6.66. The maximum absolute atomic E-state index is 5.73. The van der Waals surface area contributed by atoms with Crippen molar-refractivity contribution in [2.24, 2.45) is 0 Å². The van der Waals surface area contributed by atoms with Gasteiger partial charge in [0.15, 0.2) is 0 Å². The smallest absolute Gasteiger partial charge is 0.122 e. The quantitative estimate of drug-likeness (QED) is 0.681. The van der Waals surface area contributed by atoms with Gasteiger partial charge in [-0.1, -0.05) is 31.0 Å². The lowest BCUT2D eigenvalue weighted by Gasteiger charge is -2.08. The molecule has 0 fully saturated rings. The fraction of sp³-hybridized carbons (Fsp3) is 0.571. The van der Waals surface area contributed by atoms with Crippen molar-refractivity contribution in [3.05, 3.63) is 29.8 Å². The minimum Gasteiger partial charge on any atom is -0.493 e. The van der Waals surface area contributed by atoms with Gasteiger partial charge in [-0.2, -0.15) is 0 Å². The molecule has 1 N–H and O–H groups in total. The summed E-state index contributed by atoms with van der Waals surface area (Å²) in [4.78, 5) is 0. The van der Waals surface area contributed by atoms with E-state index in [0.717, 1.165) is 25.3 Å². The van der Waals surface area contributed by atoms with Gasteiger partial charge in [0.05, 0.1) is 6.61 Å². The van der Waals surface area contributed by atoms with Gasteiger partial charge in [0.1, 0.15) is 5.75 Å². The Labute approximate surface area is 99.0 Å². The highest BCUT2D eigenvalue weighted by Crippen LogP contribution is 2.16. The van der Waals surface area contributed by atoms with E-state index in [9.17, 15) is 0 Å². The van der Waals surface area contributed by atoms with Gasteiger partial charge in [-0.25, -0.2) is 0 Å². The number of unbranched alkanes of at least 4 members (excludes halogenated alkanes) is 3. The summed E-state index contributed by atoms with van der Waals surface area (Å²) in [5.74, 6) is 1.03. The molecule has 90 valence electrons. The highest BCUT2D eigenvalue weighted by Gasteiger charge is 1.96. The first kappa shape index (κ1) is 13.0. The molecule has 1 aromatic carbocycles. The summed E-state index contributed by atoms with van der Waals surface area (Å²) in [7, 11) is 2.00. The van der Waals surface area contributed by atoms with Crippen LogP contribution in [0.3, 0.4) is 0 Å². The number of hydrogen-bond donors (Lipinski definition) is 1. The van der Waals surface area contributed by atoms with E-state index in [1.165, 1.54) is 24.8 Å². The molecular formula is C14H23NO. The van der Waals surface area contributed by atoms with Crippen molar-refractivity contribution < 1.29 is 4.74 Å². The Balaban J connectivity index is 2.05. The lowest BCUT2D eigenvalue weighted by molar-refractivity contribution is 0.302. The summed E-state index contributed by atoms with van der Waals surface area (Å²) in [6, 6.07) is 8.19. The van der Waals surface area contributed by atoms with Crippen molar-refractivity contribution in [1.82, 2.24) is 5.32 Å². The van der Waals surface area contributed by atoms with Gasteiger partial charge in [-0.15, -0.1) is 0 Å². The molecule has 0 saturated carbocycles. The van der Waals surface area contributed by atoms with Gasteiger partial charge in [0.25, 0.3) is 0 Å². The molecule has 1 aromatic rings.